The first-order valence-electron chi connectivity index (χ1n) is 5.36. The number of ether oxygens (including phenoxy) is 1. The lowest BCUT2D eigenvalue weighted by atomic mass is 10.1. The summed E-state index contributed by atoms with van der Waals surface area (Å²) < 4.78 is 31.2. The quantitative estimate of drug-likeness (QED) is 0.626. The molecule has 1 aliphatic heterocycles. The van der Waals surface area contributed by atoms with Gasteiger partial charge in [-0.25, -0.2) is 0 Å². The molecule has 98 valence electrons. The number of hydrogen-bond acceptors (Lipinski definition) is 3. The maximum atomic E-state index is 13.1. The fourth-order valence-corrected chi connectivity index (χ4v) is 3.08. The van der Waals surface area contributed by atoms with Crippen LogP contribution in [0.25, 0.3) is 0 Å². The van der Waals surface area contributed by atoms with Crippen LogP contribution in [0.15, 0.2) is 29.2 Å². The molecule has 0 aromatic heterocycles. The van der Waals surface area contributed by atoms with Crippen molar-refractivity contribution in [2.75, 3.05) is 0 Å². The number of esters is 1. The highest BCUT2D eigenvalue weighted by Crippen LogP contribution is 2.45. The normalized spacial score (nSPS) is 24.1. The van der Waals surface area contributed by atoms with E-state index in [0.29, 0.717) is 0 Å². The largest absolute Gasteiger partial charge is 0.450 e. The number of alkyl halides is 3. The van der Waals surface area contributed by atoms with E-state index in [-0.39, 0.29) is 6.42 Å². The van der Waals surface area contributed by atoms with E-state index in [9.17, 15) is 13.6 Å². The Bertz CT molecular complexity index is 444. The molecule has 2 atom stereocenters. The van der Waals surface area contributed by atoms with Gasteiger partial charge in [0.2, 0.25) is 0 Å². The molecule has 6 heteroatoms. The Morgan fingerprint density at radius 2 is 2.00 bits per heavy atom. The Labute approximate surface area is 113 Å². The number of aryl methyl sites for hydroxylation is 1. The maximum Gasteiger partial charge on any atom is 0.329 e. The van der Waals surface area contributed by atoms with Crippen LogP contribution in [-0.2, 0) is 9.53 Å². The Hall–Kier alpha value is -0.810. The molecule has 1 aliphatic rings. The maximum absolute atomic E-state index is 13.1. The molecule has 0 amide bonds. The SMILES string of the molecule is Cc1ccc(SC2OC(=O)CC2C(F)(F)Cl)cc1. The molecule has 18 heavy (non-hydrogen) atoms. The Balaban J connectivity index is 2.12. The average Bonchev–Trinajstić information content (AvgIpc) is 2.63. The standard InChI is InChI=1S/C12H11ClF2O2S/c1-7-2-4-8(5-3-7)18-11-9(12(13,14)15)6-10(16)17-11/h2-5,9,11H,6H2,1H3. The van der Waals surface area contributed by atoms with Crippen molar-refractivity contribution >= 4 is 29.3 Å². The number of thioether (sulfide) groups is 1. The van der Waals surface area contributed by atoms with E-state index in [4.69, 9.17) is 16.3 Å². The van der Waals surface area contributed by atoms with E-state index in [1.54, 1.807) is 12.1 Å². The number of cyclic esters (lactones) is 1. The molecule has 0 bridgehead atoms. The third-order valence-electron chi connectivity index (χ3n) is 2.66. The fourth-order valence-electron chi connectivity index (χ4n) is 1.66. The summed E-state index contributed by atoms with van der Waals surface area (Å²) in [5.74, 6) is -1.93. The summed E-state index contributed by atoms with van der Waals surface area (Å²) in [6, 6.07) is 7.34. The van der Waals surface area contributed by atoms with E-state index < -0.39 is 22.7 Å². The minimum Gasteiger partial charge on any atom is -0.450 e. The lowest BCUT2D eigenvalue weighted by Gasteiger charge is -2.20. The second-order valence-corrected chi connectivity index (χ2v) is 5.82. The second-order valence-electron chi connectivity index (χ2n) is 4.14. The summed E-state index contributed by atoms with van der Waals surface area (Å²) in [6.45, 7) is 1.93. The van der Waals surface area contributed by atoms with Crippen molar-refractivity contribution in [2.45, 2.75) is 29.1 Å². The average molecular weight is 293 g/mol. The predicted octanol–water partition coefficient (Wildman–Crippen LogP) is 3.81. The van der Waals surface area contributed by atoms with Crippen molar-refractivity contribution in [1.82, 2.24) is 0 Å². The zero-order chi connectivity index (χ0) is 13.3. The summed E-state index contributed by atoms with van der Waals surface area (Å²) >= 11 is 6.10. The molecule has 1 fully saturated rings. The van der Waals surface area contributed by atoms with Crippen molar-refractivity contribution in [2.24, 2.45) is 5.92 Å². The van der Waals surface area contributed by atoms with Gasteiger partial charge in [0.25, 0.3) is 0 Å². The first-order valence-corrected chi connectivity index (χ1v) is 6.61. The first-order chi connectivity index (χ1) is 8.36. The van der Waals surface area contributed by atoms with Crippen molar-refractivity contribution in [3.05, 3.63) is 29.8 Å². The van der Waals surface area contributed by atoms with Crippen molar-refractivity contribution in [1.29, 1.82) is 0 Å². The van der Waals surface area contributed by atoms with E-state index in [2.05, 4.69) is 0 Å². The molecule has 2 nitrogen and oxygen atoms in total. The number of halogens is 3. The smallest absolute Gasteiger partial charge is 0.329 e. The minimum atomic E-state index is -3.44. The van der Waals surface area contributed by atoms with Gasteiger partial charge in [0.15, 0.2) is 5.44 Å². The van der Waals surface area contributed by atoms with Gasteiger partial charge >= 0.3 is 11.4 Å². The van der Waals surface area contributed by atoms with Crippen LogP contribution in [0.2, 0.25) is 0 Å². The Kier molecular flexibility index (Phi) is 3.82. The van der Waals surface area contributed by atoms with Gasteiger partial charge in [-0.1, -0.05) is 29.5 Å². The third kappa shape index (κ3) is 3.14. The van der Waals surface area contributed by atoms with Crippen LogP contribution in [-0.4, -0.2) is 16.8 Å². The molecule has 2 unspecified atom stereocenters. The van der Waals surface area contributed by atoms with Crippen LogP contribution in [0, 0.1) is 12.8 Å². The van der Waals surface area contributed by atoms with Crippen LogP contribution in [0.4, 0.5) is 8.78 Å². The number of hydrogen-bond donors (Lipinski definition) is 0. The number of carbonyl (C=O) groups excluding carboxylic acids is 1. The van der Waals surface area contributed by atoms with Gasteiger partial charge < -0.3 is 4.74 Å². The van der Waals surface area contributed by atoms with Gasteiger partial charge in [0, 0.05) is 4.90 Å². The molecule has 1 aromatic carbocycles. The predicted molar refractivity (Wildman–Crippen MR) is 65.8 cm³/mol. The molecule has 0 aliphatic carbocycles. The summed E-state index contributed by atoms with van der Waals surface area (Å²) in [6.07, 6.45) is -0.347. The Morgan fingerprint density at radius 1 is 1.39 bits per heavy atom. The summed E-state index contributed by atoms with van der Waals surface area (Å²) in [5.41, 5.74) is 0.134. The van der Waals surface area contributed by atoms with E-state index >= 15 is 0 Å². The highest BCUT2D eigenvalue weighted by molar-refractivity contribution is 7.99. The van der Waals surface area contributed by atoms with Crippen LogP contribution < -0.4 is 0 Å². The highest BCUT2D eigenvalue weighted by atomic mass is 35.5. The topological polar surface area (TPSA) is 26.3 Å². The zero-order valence-corrected chi connectivity index (χ0v) is 11.1. The van der Waals surface area contributed by atoms with Gasteiger partial charge in [0.05, 0.1) is 12.3 Å². The van der Waals surface area contributed by atoms with Crippen LogP contribution in [0.5, 0.6) is 0 Å². The molecule has 1 heterocycles. The first kappa shape index (κ1) is 13.6. The van der Waals surface area contributed by atoms with Crippen molar-refractivity contribution in [3.63, 3.8) is 0 Å². The van der Waals surface area contributed by atoms with Crippen molar-refractivity contribution in [3.8, 4) is 0 Å². The number of benzene rings is 1. The van der Waals surface area contributed by atoms with Crippen LogP contribution >= 0.6 is 23.4 Å². The van der Waals surface area contributed by atoms with Crippen LogP contribution in [0.3, 0.4) is 0 Å². The number of rotatable bonds is 3. The molecule has 1 aromatic rings. The van der Waals surface area contributed by atoms with E-state index in [1.165, 1.54) is 0 Å². The number of carbonyl (C=O) groups is 1. The molecule has 1 saturated heterocycles. The van der Waals surface area contributed by atoms with Gasteiger partial charge in [-0.15, -0.1) is 0 Å². The van der Waals surface area contributed by atoms with Gasteiger partial charge in [-0.2, -0.15) is 8.78 Å². The second kappa shape index (κ2) is 5.05. The summed E-state index contributed by atoms with van der Waals surface area (Å²) in [4.78, 5) is 11.9. The summed E-state index contributed by atoms with van der Waals surface area (Å²) in [5, 5.41) is -3.44. The van der Waals surface area contributed by atoms with Gasteiger partial charge in [-0.3, -0.25) is 4.79 Å². The monoisotopic (exact) mass is 292 g/mol. The van der Waals surface area contributed by atoms with Gasteiger partial charge in [-0.05, 0) is 30.7 Å². The zero-order valence-electron chi connectivity index (χ0n) is 9.53. The minimum absolute atomic E-state index is 0.347. The lowest BCUT2D eigenvalue weighted by molar-refractivity contribution is -0.138. The molecule has 0 N–H and O–H groups in total. The van der Waals surface area contributed by atoms with Crippen molar-refractivity contribution < 1.29 is 18.3 Å². The molecular weight excluding hydrogens is 282 g/mol. The summed E-state index contributed by atoms with van der Waals surface area (Å²) in [7, 11) is 0. The fraction of sp³-hybridized carbons (Fsp3) is 0.417. The lowest BCUT2D eigenvalue weighted by Crippen LogP contribution is -2.27. The van der Waals surface area contributed by atoms with Crippen LogP contribution in [0.1, 0.15) is 12.0 Å². The molecular formula is C12H11ClF2O2S. The third-order valence-corrected chi connectivity index (χ3v) is 4.14. The van der Waals surface area contributed by atoms with E-state index in [1.807, 2.05) is 19.1 Å². The molecule has 0 spiro atoms. The molecule has 0 saturated carbocycles. The van der Waals surface area contributed by atoms with E-state index in [0.717, 1.165) is 22.2 Å². The van der Waals surface area contributed by atoms with Gasteiger partial charge in [0.1, 0.15) is 0 Å². The molecule has 2 rings (SSSR count). The Morgan fingerprint density at radius 3 is 2.56 bits per heavy atom. The highest BCUT2D eigenvalue weighted by Gasteiger charge is 2.50. The molecule has 0 radical (unpaired) electrons.